The Bertz CT molecular complexity index is 316. The Balaban J connectivity index is 1.80. The molecule has 1 aliphatic rings. The molecule has 5 nitrogen and oxygen atoms in total. The molecule has 0 unspecified atom stereocenters. The third-order valence-corrected chi connectivity index (χ3v) is 2.01. The fourth-order valence-corrected chi connectivity index (χ4v) is 1.37. The zero-order valence-corrected chi connectivity index (χ0v) is 8.84. The second-order valence-corrected chi connectivity index (χ2v) is 3.79. The highest BCUT2D eigenvalue weighted by Gasteiger charge is 2.33. The smallest absolute Gasteiger partial charge is 0.316 e. The number of hydrogen-bond acceptors (Lipinski definition) is 5. The Morgan fingerprint density at radius 3 is 2.80 bits per heavy atom. The van der Waals surface area contributed by atoms with Crippen molar-refractivity contribution in [3.8, 4) is 6.01 Å². The molecule has 0 bridgehead atoms. The van der Waals surface area contributed by atoms with Gasteiger partial charge >= 0.3 is 6.01 Å². The van der Waals surface area contributed by atoms with E-state index in [1.165, 1.54) is 0 Å². The molecule has 1 aromatic heterocycles. The monoisotopic (exact) mass is 210 g/mol. The topological polar surface area (TPSA) is 53.5 Å². The fraction of sp³-hybridized carbons (Fsp3) is 0.600. The molecule has 0 radical (unpaired) electrons. The van der Waals surface area contributed by atoms with Crippen LogP contribution in [-0.2, 0) is 9.47 Å². The third kappa shape index (κ3) is 2.87. The summed E-state index contributed by atoms with van der Waals surface area (Å²) in [5.74, 6) is -0.508. The van der Waals surface area contributed by atoms with Crippen molar-refractivity contribution in [3.05, 3.63) is 18.5 Å². The van der Waals surface area contributed by atoms with Crippen molar-refractivity contribution in [3.63, 3.8) is 0 Å². The normalized spacial score (nSPS) is 24.0. The van der Waals surface area contributed by atoms with E-state index >= 15 is 0 Å². The van der Waals surface area contributed by atoms with Crippen LogP contribution in [0.1, 0.15) is 13.8 Å². The lowest BCUT2D eigenvalue weighted by Crippen LogP contribution is -2.25. The molecule has 2 heterocycles. The summed E-state index contributed by atoms with van der Waals surface area (Å²) in [6.07, 6.45) is 3.22. The zero-order valence-electron chi connectivity index (χ0n) is 8.84. The van der Waals surface area contributed by atoms with Crippen molar-refractivity contribution in [2.45, 2.75) is 25.7 Å². The minimum atomic E-state index is -0.508. The van der Waals surface area contributed by atoms with Crippen LogP contribution in [0.5, 0.6) is 6.01 Å². The largest absolute Gasteiger partial charge is 0.461 e. The van der Waals surface area contributed by atoms with Gasteiger partial charge < -0.3 is 14.2 Å². The minimum Gasteiger partial charge on any atom is -0.461 e. The van der Waals surface area contributed by atoms with Crippen LogP contribution in [0.4, 0.5) is 0 Å². The second-order valence-electron chi connectivity index (χ2n) is 3.79. The average molecular weight is 210 g/mol. The van der Waals surface area contributed by atoms with Crippen LogP contribution in [0.2, 0.25) is 0 Å². The molecule has 0 amide bonds. The van der Waals surface area contributed by atoms with Crippen molar-refractivity contribution in [2.75, 3.05) is 13.2 Å². The maximum Gasteiger partial charge on any atom is 0.316 e. The molecule has 15 heavy (non-hydrogen) atoms. The summed E-state index contributed by atoms with van der Waals surface area (Å²) in [6.45, 7) is 4.71. The van der Waals surface area contributed by atoms with E-state index in [1.54, 1.807) is 18.5 Å². The molecule has 5 heteroatoms. The molecule has 1 fully saturated rings. The molecule has 1 atom stereocenters. The Hall–Kier alpha value is -1.20. The maximum absolute atomic E-state index is 5.57. The van der Waals surface area contributed by atoms with Gasteiger partial charge in [0, 0.05) is 12.4 Å². The van der Waals surface area contributed by atoms with Crippen LogP contribution in [0.15, 0.2) is 18.5 Å². The highest BCUT2D eigenvalue weighted by atomic mass is 16.7. The van der Waals surface area contributed by atoms with Gasteiger partial charge in [-0.3, -0.25) is 0 Å². The molecule has 0 spiro atoms. The van der Waals surface area contributed by atoms with E-state index in [1.807, 2.05) is 13.8 Å². The van der Waals surface area contributed by atoms with Gasteiger partial charge in [0.2, 0.25) is 0 Å². The van der Waals surface area contributed by atoms with E-state index < -0.39 is 5.79 Å². The van der Waals surface area contributed by atoms with Gasteiger partial charge in [-0.25, -0.2) is 9.97 Å². The second kappa shape index (κ2) is 4.12. The summed E-state index contributed by atoms with van der Waals surface area (Å²) in [7, 11) is 0. The van der Waals surface area contributed by atoms with Crippen LogP contribution in [-0.4, -0.2) is 35.1 Å². The lowest BCUT2D eigenvalue weighted by Gasteiger charge is -2.16. The summed E-state index contributed by atoms with van der Waals surface area (Å²) < 4.78 is 16.3. The first kappa shape index (κ1) is 10.3. The fourth-order valence-electron chi connectivity index (χ4n) is 1.37. The van der Waals surface area contributed by atoms with Crippen LogP contribution in [0.25, 0.3) is 0 Å². The molecule has 1 aromatic rings. The van der Waals surface area contributed by atoms with Crippen LogP contribution < -0.4 is 4.74 Å². The number of aromatic nitrogens is 2. The van der Waals surface area contributed by atoms with E-state index in [0.29, 0.717) is 19.2 Å². The van der Waals surface area contributed by atoms with E-state index in [0.717, 1.165) is 0 Å². The van der Waals surface area contributed by atoms with E-state index in [9.17, 15) is 0 Å². The standard InChI is InChI=1S/C10H14N2O3/c1-10(2)14-7-8(15-10)6-13-9-11-4-3-5-12-9/h3-5,8H,6-7H2,1-2H3/t8-/m1/s1. The Labute approximate surface area is 88.4 Å². The van der Waals surface area contributed by atoms with Crippen molar-refractivity contribution < 1.29 is 14.2 Å². The van der Waals surface area contributed by atoms with Crippen molar-refractivity contribution in [1.29, 1.82) is 0 Å². The van der Waals surface area contributed by atoms with Gasteiger partial charge in [0.15, 0.2) is 5.79 Å². The van der Waals surface area contributed by atoms with Crippen molar-refractivity contribution in [1.82, 2.24) is 9.97 Å². The van der Waals surface area contributed by atoms with E-state index in [2.05, 4.69) is 9.97 Å². The molecule has 1 saturated heterocycles. The van der Waals surface area contributed by atoms with Crippen LogP contribution >= 0.6 is 0 Å². The van der Waals surface area contributed by atoms with Gasteiger partial charge in [-0.2, -0.15) is 0 Å². The van der Waals surface area contributed by atoms with Gasteiger partial charge in [0.25, 0.3) is 0 Å². The first-order chi connectivity index (χ1) is 7.16. The highest BCUT2D eigenvalue weighted by Crippen LogP contribution is 2.22. The summed E-state index contributed by atoms with van der Waals surface area (Å²) in [4.78, 5) is 7.89. The van der Waals surface area contributed by atoms with E-state index in [-0.39, 0.29) is 6.10 Å². The number of rotatable bonds is 3. The molecule has 1 aliphatic heterocycles. The predicted molar refractivity (Wildman–Crippen MR) is 52.4 cm³/mol. The van der Waals surface area contributed by atoms with Gasteiger partial charge in [-0.1, -0.05) is 0 Å². The molecule has 82 valence electrons. The van der Waals surface area contributed by atoms with Crippen molar-refractivity contribution in [2.24, 2.45) is 0 Å². The van der Waals surface area contributed by atoms with E-state index in [4.69, 9.17) is 14.2 Å². The van der Waals surface area contributed by atoms with Crippen LogP contribution in [0, 0.1) is 0 Å². The number of nitrogens with zero attached hydrogens (tertiary/aromatic N) is 2. The SMILES string of the molecule is CC1(C)OC[C@@H](COc2ncccn2)O1. The predicted octanol–water partition coefficient (Wildman–Crippen LogP) is 1.01. The molecule has 0 N–H and O–H groups in total. The molecule has 0 saturated carbocycles. The third-order valence-electron chi connectivity index (χ3n) is 2.01. The van der Waals surface area contributed by atoms with Gasteiger partial charge in [0.05, 0.1) is 6.61 Å². The van der Waals surface area contributed by atoms with Gasteiger partial charge in [0.1, 0.15) is 12.7 Å². The van der Waals surface area contributed by atoms with Crippen molar-refractivity contribution >= 4 is 0 Å². The Kier molecular flexibility index (Phi) is 2.83. The summed E-state index contributed by atoms with van der Waals surface area (Å²) in [6, 6.07) is 2.11. The molecular weight excluding hydrogens is 196 g/mol. The summed E-state index contributed by atoms with van der Waals surface area (Å²) in [5, 5.41) is 0. The molecular formula is C10H14N2O3. The summed E-state index contributed by atoms with van der Waals surface area (Å²) in [5.41, 5.74) is 0. The molecule has 0 aromatic carbocycles. The number of ether oxygens (including phenoxy) is 3. The zero-order chi connectivity index (χ0) is 10.7. The lowest BCUT2D eigenvalue weighted by atomic mass is 10.4. The minimum absolute atomic E-state index is 0.0520. The highest BCUT2D eigenvalue weighted by molar-refractivity contribution is 4.93. The first-order valence-corrected chi connectivity index (χ1v) is 4.87. The molecule has 2 rings (SSSR count). The number of hydrogen-bond donors (Lipinski definition) is 0. The quantitative estimate of drug-likeness (QED) is 0.745. The summed E-state index contributed by atoms with van der Waals surface area (Å²) >= 11 is 0. The average Bonchev–Trinajstić information content (AvgIpc) is 2.57. The van der Waals surface area contributed by atoms with Gasteiger partial charge in [-0.15, -0.1) is 0 Å². The Morgan fingerprint density at radius 1 is 1.47 bits per heavy atom. The Morgan fingerprint density at radius 2 is 2.20 bits per heavy atom. The lowest BCUT2D eigenvalue weighted by molar-refractivity contribution is -0.141. The first-order valence-electron chi connectivity index (χ1n) is 4.87. The van der Waals surface area contributed by atoms with Gasteiger partial charge in [-0.05, 0) is 19.9 Å². The molecule has 0 aliphatic carbocycles. The maximum atomic E-state index is 5.57. The van der Waals surface area contributed by atoms with Crippen LogP contribution in [0.3, 0.4) is 0 Å².